The Labute approximate surface area is 130 Å². The number of carbonyl (C=O) groups is 1. The van der Waals surface area contributed by atoms with Gasteiger partial charge in [0.05, 0.1) is 11.4 Å². The lowest BCUT2D eigenvalue weighted by Gasteiger charge is -2.08. The van der Waals surface area contributed by atoms with Crippen molar-refractivity contribution < 1.29 is 9.18 Å². The van der Waals surface area contributed by atoms with E-state index in [1.165, 1.54) is 12.1 Å². The van der Waals surface area contributed by atoms with Gasteiger partial charge in [0, 0.05) is 5.56 Å². The number of hydrogen-bond donors (Lipinski definition) is 2. The molecule has 0 bridgehead atoms. The van der Waals surface area contributed by atoms with Crippen molar-refractivity contribution in [3.05, 3.63) is 40.2 Å². The number of anilines is 1. The van der Waals surface area contributed by atoms with E-state index in [2.05, 4.69) is 14.9 Å². The van der Waals surface area contributed by atoms with Gasteiger partial charge in [-0.15, -0.1) is 5.10 Å². The van der Waals surface area contributed by atoms with E-state index < -0.39 is 11.7 Å². The van der Waals surface area contributed by atoms with Crippen molar-refractivity contribution in [1.82, 2.24) is 9.59 Å². The number of carbonyl (C=O) groups excluding carboxylic acids is 1. The number of nitrogens with one attached hydrogen (secondary N) is 1. The molecule has 1 aromatic heterocycles. The monoisotopic (exact) mass is 324 g/mol. The first kappa shape index (κ1) is 15.5. The molecule has 0 aliphatic heterocycles. The van der Waals surface area contributed by atoms with Crippen LogP contribution in [0.3, 0.4) is 0 Å². The first-order valence-electron chi connectivity index (χ1n) is 6.13. The Bertz CT molecular complexity index is 699. The van der Waals surface area contributed by atoms with E-state index in [9.17, 15) is 9.18 Å². The highest BCUT2D eigenvalue weighted by Gasteiger charge is 2.19. The fraction of sp³-hybridized carbons (Fsp3) is 0.231. The van der Waals surface area contributed by atoms with Gasteiger partial charge in [-0.25, -0.2) is 4.39 Å². The first-order valence-corrected chi connectivity index (χ1v) is 7.31. The molecular formula is C13H13FN4OS2. The molecule has 2 aromatic rings. The number of hydrogen-bond acceptors (Lipinski definition) is 5. The zero-order chi connectivity index (χ0) is 15.6. The fourth-order valence-electron chi connectivity index (χ4n) is 1.68. The number of nitrogens with zero attached hydrogens (tertiary/aromatic N) is 2. The smallest absolute Gasteiger partial charge is 0.269 e. The molecule has 1 heterocycles. The summed E-state index contributed by atoms with van der Waals surface area (Å²) in [6.45, 7) is 3.82. The van der Waals surface area contributed by atoms with Gasteiger partial charge in [-0.05, 0) is 35.6 Å². The van der Waals surface area contributed by atoms with E-state index in [1.54, 1.807) is 6.07 Å². The van der Waals surface area contributed by atoms with Crippen LogP contribution in [0.25, 0.3) is 0 Å². The summed E-state index contributed by atoms with van der Waals surface area (Å²) in [7, 11) is 0. The van der Waals surface area contributed by atoms with Gasteiger partial charge in [-0.2, -0.15) is 0 Å². The highest BCUT2D eigenvalue weighted by Crippen LogP contribution is 2.22. The number of halogens is 1. The standard InChI is InChI=1S/C13H13FN4OS2/c1-6(2)10-11(21-18-17-10)13(19)16-9-4-3-7(12(15)20)5-8(9)14/h3-6H,1-2H3,(H2,15,20)(H,16,19). The summed E-state index contributed by atoms with van der Waals surface area (Å²) in [6.07, 6.45) is 0. The largest absolute Gasteiger partial charge is 0.389 e. The fourth-order valence-corrected chi connectivity index (χ4v) is 2.52. The molecule has 1 aromatic carbocycles. The van der Waals surface area contributed by atoms with Crippen LogP contribution in [0.1, 0.15) is 40.7 Å². The topological polar surface area (TPSA) is 80.9 Å². The predicted octanol–water partition coefficient (Wildman–Crippen LogP) is 2.69. The van der Waals surface area contributed by atoms with Gasteiger partial charge in [0.25, 0.3) is 5.91 Å². The van der Waals surface area contributed by atoms with Crippen molar-refractivity contribution in [3.8, 4) is 0 Å². The molecule has 110 valence electrons. The SMILES string of the molecule is CC(C)c1nnsc1C(=O)Nc1ccc(C(N)=S)cc1F. The van der Waals surface area contributed by atoms with Crippen LogP contribution in [0.5, 0.6) is 0 Å². The van der Waals surface area contributed by atoms with E-state index in [4.69, 9.17) is 18.0 Å². The lowest BCUT2D eigenvalue weighted by Crippen LogP contribution is -2.15. The molecule has 0 atom stereocenters. The van der Waals surface area contributed by atoms with Crippen LogP contribution in [0.4, 0.5) is 10.1 Å². The Hall–Kier alpha value is -1.93. The summed E-state index contributed by atoms with van der Waals surface area (Å²) >= 11 is 5.76. The molecule has 0 radical (unpaired) electrons. The first-order chi connectivity index (χ1) is 9.90. The maximum atomic E-state index is 13.9. The summed E-state index contributed by atoms with van der Waals surface area (Å²) in [6, 6.07) is 4.16. The third-order valence-corrected chi connectivity index (χ3v) is 3.74. The predicted molar refractivity (Wildman–Crippen MR) is 84.2 cm³/mol. The number of thiocarbonyl (C=S) groups is 1. The summed E-state index contributed by atoms with van der Waals surface area (Å²) < 4.78 is 17.7. The van der Waals surface area contributed by atoms with Crippen molar-refractivity contribution in [1.29, 1.82) is 0 Å². The highest BCUT2D eigenvalue weighted by molar-refractivity contribution is 7.80. The molecule has 0 fully saturated rings. The molecule has 3 N–H and O–H groups in total. The van der Waals surface area contributed by atoms with Gasteiger partial charge in [-0.1, -0.05) is 30.6 Å². The van der Waals surface area contributed by atoms with Gasteiger partial charge < -0.3 is 11.1 Å². The molecule has 1 amide bonds. The van der Waals surface area contributed by atoms with Crippen molar-refractivity contribution in [3.63, 3.8) is 0 Å². The van der Waals surface area contributed by atoms with E-state index in [0.717, 1.165) is 11.5 Å². The number of benzene rings is 1. The minimum absolute atomic E-state index is 0.0584. The molecule has 8 heteroatoms. The van der Waals surface area contributed by atoms with E-state index in [0.29, 0.717) is 16.1 Å². The molecule has 0 saturated carbocycles. The van der Waals surface area contributed by atoms with Gasteiger partial charge in [0.15, 0.2) is 0 Å². The Kier molecular flexibility index (Phi) is 4.59. The Balaban J connectivity index is 2.24. The second kappa shape index (κ2) is 6.23. The number of amides is 1. The van der Waals surface area contributed by atoms with Crippen molar-refractivity contribution >= 4 is 40.3 Å². The molecule has 5 nitrogen and oxygen atoms in total. The lowest BCUT2D eigenvalue weighted by molar-refractivity contribution is 0.102. The van der Waals surface area contributed by atoms with Crippen LogP contribution in [0.2, 0.25) is 0 Å². The van der Waals surface area contributed by atoms with Crippen LogP contribution in [0, 0.1) is 5.82 Å². The van der Waals surface area contributed by atoms with E-state index in [-0.39, 0.29) is 16.6 Å². The maximum absolute atomic E-state index is 13.9. The third-order valence-electron chi connectivity index (χ3n) is 2.77. The Morgan fingerprint density at radius 1 is 1.48 bits per heavy atom. The van der Waals surface area contributed by atoms with Crippen molar-refractivity contribution in [2.45, 2.75) is 19.8 Å². The van der Waals surface area contributed by atoms with Gasteiger partial charge >= 0.3 is 0 Å². The van der Waals surface area contributed by atoms with Crippen LogP contribution in [0.15, 0.2) is 18.2 Å². The van der Waals surface area contributed by atoms with E-state index >= 15 is 0 Å². The average molecular weight is 324 g/mol. The van der Waals surface area contributed by atoms with Crippen molar-refractivity contribution in [2.24, 2.45) is 5.73 Å². The van der Waals surface area contributed by atoms with Crippen molar-refractivity contribution in [2.75, 3.05) is 5.32 Å². The lowest BCUT2D eigenvalue weighted by atomic mass is 10.1. The number of rotatable bonds is 4. The Morgan fingerprint density at radius 3 is 2.76 bits per heavy atom. The molecule has 0 saturated heterocycles. The summed E-state index contributed by atoms with van der Waals surface area (Å²) in [5.74, 6) is -0.973. The van der Waals surface area contributed by atoms with Gasteiger partial charge in [0.1, 0.15) is 15.7 Å². The minimum atomic E-state index is -0.600. The molecule has 2 rings (SSSR count). The number of aromatic nitrogens is 2. The molecule has 0 spiro atoms. The van der Waals surface area contributed by atoms with E-state index in [1.807, 2.05) is 13.8 Å². The molecular weight excluding hydrogens is 311 g/mol. The maximum Gasteiger partial charge on any atom is 0.269 e. The highest BCUT2D eigenvalue weighted by atomic mass is 32.1. The Morgan fingerprint density at radius 2 is 2.19 bits per heavy atom. The average Bonchev–Trinajstić information content (AvgIpc) is 2.90. The van der Waals surface area contributed by atoms with Crippen LogP contribution in [-0.2, 0) is 0 Å². The van der Waals surface area contributed by atoms with Gasteiger partial charge in [-0.3, -0.25) is 4.79 Å². The molecule has 21 heavy (non-hydrogen) atoms. The summed E-state index contributed by atoms with van der Waals surface area (Å²) in [5, 5.41) is 6.42. The minimum Gasteiger partial charge on any atom is -0.389 e. The molecule has 0 unspecified atom stereocenters. The zero-order valence-corrected chi connectivity index (χ0v) is 13.0. The second-order valence-corrected chi connectivity index (χ2v) is 5.85. The third kappa shape index (κ3) is 3.40. The van der Waals surface area contributed by atoms with Crippen LogP contribution in [-0.4, -0.2) is 20.5 Å². The van der Waals surface area contributed by atoms with Gasteiger partial charge in [0.2, 0.25) is 0 Å². The van der Waals surface area contributed by atoms with Crippen LogP contribution < -0.4 is 11.1 Å². The quantitative estimate of drug-likeness (QED) is 0.845. The number of nitrogens with two attached hydrogens (primary N) is 1. The van der Waals surface area contributed by atoms with Crippen LogP contribution >= 0.6 is 23.8 Å². The molecule has 0 aliphatic carbocycles. The second-order valence-electron chi connectivity index (χ2n) is 4.66. The molecule has 0 aliphatic rings. The zero-order valence-electron chi connectivity index (χ0n) is 11.4. The normalized spacial score (nSPS) is 10.7. The summed E-state index contributed by atoms with van der Waals surface area (Å²) in [4.78, 5) is 12.6. The summed E-state index contributed by atoms with van der Waals surface area (Å²) in [5.41, 5.74) is 6.49.